The molecule has 0 unspecified atom stereocenters. The molecule has 1 fully saturated rings. The molecule has 1 aliphatic rings. The summed E-state index contributed by atoms with van der Waals surface area (Å²) in [6, 6.07) is 32.3. The lowest BCUT2D eigenvalue weighted by atomic mass is 9.84. The number of fused-ring (bicyclic) bond motifs is 3. The van der Waals surface area contributed by atoms with Gasteiger partial charge in [0.25, 0.3) is 0 Å². The molecule has 4 heteroatoms. The lowest BCUT2D eigenvalue weighted by Crippen LogP contribution is -2.06. The van der Waals surface area contributed by atoms with Gasteiger partial charge in [-0.05, 0) is 89.4 Å². The number of nitrogens with zero attached hydrogens (tertiary/aromatic N) is 3. The number of benzene rings is 3. The van der Waals surface area contributed by atoms with Crippen molar-refractivity contribution in [2.75, 3.05) is 0 Å². The maximum absolute atomic E-state index is 6.20. The number of aromatic nitrogens is 3. The van der Waals surface area contributed by atoms with Crippen molar-refractivity contribution in [1.29, 1.82) is 0 Å². The van der Waals surface area contributed by atoms with Crippen molar-refractivity contribution in [2.45, 2.75) is 57.8 Å². The van der Waals surface area contributed by atoms with Crippen LogP contribution >= 0.6 is 0 Å². The molecule has 0 bridgehead atoms. The molecule has 3 aromatic heterocycles. The fourth-order valence-corrected chi connectivity index (χ4v) is 6.34. The van der Waals surface area contributed by atoms with Crippen LogP contribution in [0.5, 0.6) is 11.6 Å². The van der Waals surface area contributed by atoms with E-state index in [1.54, 1.807) is 0 Å². The summed E-state index contributed by atoms with van der Waals surface area (Å²) in [6.07, 6.45) is 10.4. The predicted octanol–water partition coefficient (Wildman–Crippen LogP) is 10.2. The Balaban J connectivity index is 1.30. The second-order valence-electron chi connectivity index (χ2n) is 11.6. The van der Waals surface area contributed by atoms with Crippen LogP contribution in [0.25, 0.3) is 38.8 Å². The van der Waals surface area contributed by atoms with Gasteiger partial charge < -0.3 is 4.74 Å². The van der Waals surface area contributed by atoms with E-state index in [1.165, 1.54) is 59.5 Å². The van der Waals surface area contributed by atoms with Crippen molar-refractivity contribution >= 4 is 21.8 Å². The summed E-state index contributed by atoms with van der Waals surface area (Å²) in [7, 11) is 0. The zero-order valence-electron chi connectivity index (χ0n) is 23.8. The Morgan fingerprint density at radius 3 is 2.39 bits per heavy atom. The lowest BCUT2D eigenvalue weighted by molar-refractivity contribution is 0.443. The molecule has 4 nitrogen and oxygen atoms in total. The van der Waals surface area contributed by atoms with Gasteiger partial charge in [0.05, 0.1) is 11.0 Å². The van der Waals surface area contributed by atoms with Gasteiger partial charge in [0.1, 0.15) is 11.6 Å². The molecule has 0 amide bonds. The Morgan fingerprint density at radius 2 is 1.51 bits per heavy atom. The molecule has 0 N–H and O–H groups in total. The SMILES string of the molecule is CC(C)c1ccnc(Oc2cccc(-c3ccc4c5ccccc5n(-c5cc(C6CCCCC6)ccn5)c4c3)c2)c1. The smallest absolute Gasteiger partial charge is 0.219 e. The minimum atomic E-state index is 0.419. The molecular formula is C37H35N3O. The van der Waals surface area contributed by atoms with Crippen molar-refractivity contribution in [1.82, 2.24) is 14.5 Å². The van der Waals surface area contributed by atoms with Crippen molar-refractivity contribution in [3.63, 3.8) is 0 Å². The fourth-order valence-electron chi connectivity index (χ4n) is 6.34. The highest BCUT2D eigenvalue weighted by Gasteiger charge is 2.18. The normalized spacial score (nSPS) is 14.2. The van der Waals surface area contributed by atoms with Gasteiger partial charge >= 0.3 is 0 Å². The van der Waals surface area contributed by atoms with Crippen molar-refractivity contribution in [3.05, 3.63) is 115 Å². The van der Waals surface area contributed by atoms with Gasteiger partial charge in [-0.15, -0.1) is 0 Å². The number of rotatable bonds is 6. The summed E-state index contributed by atoms with van der Waals surface area (Å²) in [5.41, 5.74) is 7.21. The highest BCUT2D eigenvalue weighted by atomic mass is 16.5. The summed E-state index contributed by atoms with van der Waals surface area (Å²) in [6.45, 7) is 4.36. The van der Waals surface area contributed by atoms with Crippen LogP contribution in [0, 0.1) is 0 Å². The van der Waals surface area contributed by atoms with E-state index >= 15 is 0 Å². The Bertz CT molecular complexity index is 1840. The molecule has 1 aliphatic carbocycles. The Morgan fingerprint density at radius 1 is 0.707 bits per heavy atom. The highest BCUT2D eigenvalue weighted by molar-refractivity contribution is 6.10. The van der Waals surface area contributed by atoms with E-state index in [1.807, 2.05) is 36.7 Å². The molecule has 0 spiro atoms. The van der Waals surface area contributed by atoms with E-state index in [-0.39, 0.29) is 0 Å². The Labute approximate surface area is 241 Å². The van der Waals surface area contributed by atoms with Gasteiger partial charge in [-0.25, -0.2) is 9.97 Å². The fraction of sp³-hybridized carbons (Fsp3) is 0.243. The quantitative estimate of drug-likeness (QED) is 0.212. The second kappa shape index (κ2) is 10.9. The summed E-state index contributed by atoms with van der Waals surface area (Å²) >= 11 is 0. The largest absolute Gasteiger partial charge is 0.439 e. The van der Waals surface area contributed by atoms with Crippen molar-refractivity contribution < 1.29 is 4.74 Å². The lowest BCUT2D eigenvalue weighted by Gasteiger charge is -2.22. The van der Waals surface area contributed by atoms with E-state index in [0.29, 0.717) is 17.7 Å². The summed E-state index contributed by atoms with van der Waals surface area (Å²) in [4.78, 5) is 9.33. The van der Waals surface area contributed by atoms with Crippen LogP contribution in [0.2, 0.25) is 0 Å². The third-order valence-corrected chi connectivity index (χ3v) is 8.56. The van der Waals surface area contributed by atoms with Crippen LogP contribution in [0.15, 0.2) is 103 Å². The van der Waals surface area contributed by atoms with E-state index in [4.69, 9.17) is 9.72 Å². The molecule has 3 heterocycles. The standard InChI is InChI=1S/C37H35N3O/c1-25(2)27-17-20-39-37(24-27)41-31-12-8-11-28(21-31)29-15-16-33-32-13-6-7-14-34(32)40(35(33)22-29)36-23-30(18-19-38-36)26-9-4-3-5-10-26/h6-8,11-26H,3-5,9-10H2,1-2H3. The van der Waals surface area contributed by atoms with Gasteiger partial charge in [0.2, 0.25) is 5.88 Å². The molecule has 0 atom stereocenters. The van der Waals surface area contributed by atoms with E-state index in [9.17, 15) is 0 Å². The number of para-hydroxylation sites is 1. The van der Waals surface area contributed by atoms with Crippen LogP contribution in [0.4, 0.5) is 0 Å². The zero-order chi connectivity index (χ0) is 27.8. The van der Waals surface area contributed by atoms with E-state index in [2.05, 4.69) is 90.1 Å². The third-order valence-electron chi connectivity index (χ3n) is 8.56. The first-order chi connectivity index (χ1) is 20.1. The Hall–Kier alpha value is -4.44. The van der Waals surface area contributed by atoms with Crippen LogP contribution in [0.3, 0.4) is 0 Å². The second-order valence-corrected chi connectivity index (χ2v) is 11.6. The predicted molar refractivity (Wildman–Crippen MR) is 168 cm³/mol. The van der Waals surface area contributed by atoms with Crippen molar-refractivity contribution in [3.8, 4) is 28.6 Å². The first-order valence-electron chi connectivity index (χ1n) is 14.9. The molecular weight excluding hydrogens is 502 g/mol. The average molecular weight is 538 g/mol. The van der Waals surface area contributed by atoms with Crippen LogP contribution in [-0.4, -0.2) is 14.5 Å². The van der Waals surface area contributed by atoms with Crippen LogP contribution in [0.1, 0.15) is 68.9 Å². The maximum Gasteiger partial charge on any atom is 0.219 e. The molecule has 204 valence electrons. The molecule has 0 saturated heterocycles. The minimum Gasteiger partial charge on any atom is -0.439 e. The molecule has 0 aliphatic heterocycles. The highest BCUT2D eigenvalue weighted by Crippen LogP contribution is 2.37. The topological polar surface area (TPSA) is 39.9 Å². The van der Waals surface area contributed by atoms with E-state index in [0.717, 1.165) is 28.2 Å². The Kier molecular flexibility index (Phi) is 6.76. The molecule has 6 aromatic rings. The van der Waals surface area contributed by atoms with Crippen molar-refractivity contribution in [2.24, 2.45) is 0 Å². The number of pyridine rings is 2. The van der Waals surface area contributed by atoms with Crippen LogP contribution in [-0.2, 0) is 0 Å². The van der Waals surface area contributed by atoms with Gasteiger partial charge in [-0.1, -0.05) is 75.6 Å². The maximum atomic E-state index is 6.20. The summed E-state index contributed by atoms with van der Waals surface area (Å²) in [5, 5.41) is 2.48. The molecule has 0 radical (unpaired) electrons. The number of hydrogen-bond donors (Lipinski definition) is 0. The number of hydrogen-bond acceptors (Lipinski definition) is 3. The van der Waals surface area contributed by atoms with Gasteiger partial charge in [0.15, 0.2) is 0 Å². The van der Waals surface area contributed by atoms with Gasteiger partial charge in [-0.2, -0.15) is 0 Å². The third kappa shape index (κ3) is 4.99. The van der Waals surface area contributed by atoms with Gasteiger partial charge in [0, 0.05) is 29.2 Å². The molecule has 3 aromatic carbocycles. The first kappa shape index (κ1) is 25.5. The molecule has 7 rings (SSSR count). The summed E-state index contributed by atoms with van der Waals surface area (Å²) in [5.74, 6) is 3.44. The zero-order valence-corrected chi connectivity index (χ0v) is 23.8. The summed E-state index contributed by atoms with van der Waals surface area (Å²) < 4.78 is 8.54. The number of ether oxygens (including phenoxy) is 1. The van der Waals surface area contributed by atoms with Gasteiger partial charge in [-0.3, -0.25) is 4.57 Å². The first-order valence-corrected chi connectivity index (χ1v) is 14.9. The monoisotopic (exact) mass is 537 g/mol. The average Bonchev–Trinajstić information content (AvgIpc) is 3.35. The van der Waals surface area contributed by atoms with E-state index < -0.39 is 0 Å². The minimum absolute atomic E-state index is 0.419. The molecule has 41 heavy (non-hydrogen) atoms. The van der Waals surface area contributed by atoms with Crippen LogP contribution < -0.4 is 4.74 Å². The molecule has 1 saturated carbocycles.